The molecular weight excluding hydrogens is 406 g/mol. The minimum Gasteiger partial charge on any atom is -0.474 e. The molecule has 0 bridgehead atoms. The Morgan fingerprint density at radius 1 is 1.12 bits per heavy atom. The molecule has 2 aromatic rings. The van der Waals surface area contributed by atoms with Crippen LogP contribution in [0, 0.1) is 0 Å². The maximum absolute atomic E-state index is 12.5. The molecule has 8 nitrogen and oxygen atoms in total. The van der Waals surface area contributed by atoms with Crippen LogP contribution in [0.25, 0.3) is 0 Å². The normalized spacial score (nSPS) is 17.0. The maximum Gasteiger partial charge on any atom is 0.270 e. The molecule has 0 saturated carbocycles. The van der Waals surface area contributed by atoms with Gasteiger partial charge in [0.05, 0.1) is 0 Å². The van der Waals surface area contributed by atoms with E-state index in [-0.39, 0.29) is 17.9 Å². The molecule has 1 fully saturated rings. The molecule has 1 saturated heterocycles. The fourth-order valence-corrected chi connectivity index (χ4v) is 4.33. The maximum atomic E-state index is 12.5. The molecule has 2 aliphatic rings. The van der Waals surface area contributed by atoms with Crippen LogP contribution in [0.3, 0.4) is 0 Å². The van der Waals surface area contributed by atoms with Crippen molar-refractivity contribution in [3.05, 3.63) is 53.5 Å². The zero-order chi connectivity index (χ0) is 22.3. The minimum atomic E-state index is -0.215. The van der Waals surface area contributed by atoms with E-state index in [1.807, 2.05) is 4.90 Å². The van der Waals surface area contributed by atoms with Gasteiger partial charge in [0.2, 0.25) is 11.8 Å². The van der Waals surface area contributed by atoms with Gasteiger partial charge in [-0.05, 0) is 24.0 Å². The number of nitrogens with one attached hydrogen (secondary N) is 1. The van der Waals surface area contributed by atoms with Gasteiger partial charge in [0.1, 0.15) is 18.1 Å². The van der Waals surface area contributed by atoms with Crippen LogP contribution >= 0.6 is 0 Å². The number of nitrogens with zero attached hydrogens (tertiary/aromatic N) is 4. The molecule has 0 atom stereocenters. The summed E-state index contributed by atoms with van der Waals surface area (Å²) in [7, 11) is 0. The first-order valence-electron chi connectivity index (χ1n) is 11.4. The van der Waals surface area contributed by atoms with E-state index in [1.54, 1.807) is 13.0 Å². The summed E-state index contributed by atoms with van der Waals surface area (Å²) in [6.45, 7) is 6.53. The Bertz CT molecular complexity index is 943. The third-order valence-corrected chi connectivity index (χ3v) is 6.20. The highest BCUT2D eigenvalue weighted by atomic mass is 16.5. The summed E-state index contributed by atoms with van der Waals surface area (Å²) in [5.41, 5.74) is 3.16. The van der Waals surface area contributed by atoms with Crippen molar-refractivity contribution in [2.75, 3.05) is 32.7 Å². The molecule has 4 rings (SSSR count). The number of ether oxygens (including phenoxy) is 1. The Hall–Kier alpha value is -3.00. The molecule has 32 heavy (non-hydrogen) atoms. The predicted molar refractivity (Wildman–Crippen MR) is 120 cm³/mol. The highest BCUT2D eigenvalue weighted by molar-refractivity contribution is 5.92. The van der Waals surface area contributed by atoms with E-state index in [2.05, 4.69) is 44.5 Å². The number of piperidine rings is 1. The van der Waals surface area contributed by atoms with Crippen LogP contribution in [-0.2, 0) is 17.8 Å². The molecule has 0 spiro atoms. The van der Waals surface area contributed by atoms with Crippen LogP contribution in [0.1, 0.15) is 47.8 Å². The number of carbonyl (C=O) groups is 2. The van der Waals surface area contributed by atoms with Gasteiger partial charge >= 0.3 is 0 Å². The van der Waals surface area contributed by atoms with E-state index in [0.29, 0.717) is 31.2 Å². The second kappa shape index (κ2) is 10.5. The monoisotopic (exact) mass is 437 g/mol. The molecule has 1 N–H and O–H groups in total. The van der Waals surface area contributed by atoms with Crippen LogP contribution in [0.4, 0.5) is 0 Å². The van der Waals surface area contributed by atoms with Crippen molar-refractivity contribution in [3.63, 3.8) is 0 Å². The first kappa shape index (κ1) is 22.2. The average Bonchev–Trinajstić information content (AvgIpc) is 2.82. The number of carbonyl (C=O) groups excluding carboxylic acids is 2. The second-order valence-corrected chi connectivity index (χ2v) is 8.47. The van der Waals surface area contributed by atoms with Crippen molar-refractivity contribution in [1.82, 2.24) is 25.1 Å². The molecule has 0 aliphatic carbocycles. The van der Waals surface area contributed by atoms with Crippen LogP contribution in [0.2, 0.25) is 0 Å². The lowest BCUT2D eigenvalue weighted by molar-refractivity contribution is -0.130. The van der Waals surface area contributed by atoms with E-state index in [1.165, 1.54) is 17.5 Å². The van der Waals surface area contributed by atoms with E-state index in [0.717, 1.165) is 45.3 Å². The van der Waals surface area contributed by atoms with Crippen molar-refractivity contribution >= 4 is 11.8 Å². The third-order valence-electron chi connectivity index (χ3n) is 6.20. The van der Waals surface area contributed by atoms with Crippen molar-refractivity contribution in [1.29, 1.82) is 0 Å². The fourth-order valence-electron chi connectivity index (χ4n) is 4.33. The van der Waals surface area contributed by atoms with Crippen LogP contribution in [-0.4, -0.2) is 70.4 Å². The number of fused-ring (bicyclic) bond motifs is 1. The molecule has 1 aromatic carbocycles. The Morgan fingerprint density at radius 3 is 2.69 bits per heavy atom. The quantitative estimate of drug-likeness (QED) is 0.667. The molecular formula is C24H31N5O3. The molecule has 0 radical (unpaired) electrons. The summed E-state index contributed by atoms with van der Waals surface area (Å²) in [5.74, 6) is 0.278. The van der Waals surface area contributed by atoms with Crippen LogP contribution in [0.5, 0.6) is 5.88 Å². The SMILES string of the molecule is CC(=O)N1CCC(Oc2cc(C(=O)NCCCN3CCc4ccccc4C3)ncn2)CC1. The van der Waals surface area contributed by atoms with E-state index in [9.17, 15) is 9.59 Å². The lowest BCUT2D eigenvalue weighted by Gasteiger charge is -2.31. The Labute approximate surface area is 189 Å². The highest BCUT2D eigenvalue weighted by Gasteiger charge is 2.22. The summed E-state index contributed by atoms with van der Waals surface area (Å²) in [5, 5.41) is 2.95. The second-order valence-electron chi connectivity index (χ2n) is 8.47. The summed E-state index contributed by atoms with van der Waals surface area (Å²) >= 11 is 0. The molecule has 2 amide bonds. The molecule has 8 heteroatoms. The van der Waals surface area contributed by atoms with E-state index < -0.39 is 0 Å². The van der Waals surface area contributed by atoms with Gasteiger partial charge in [-0.25, -0.2) is 9.97 Å². The lowest BCUT2D eigenvalue weighted by atomic mass is 10.00. The van der Waals surface area contributed by atoms with Crippen molar-refractivity contribution in [2.45, 2.75) is 45.3 Å². The first-order valence-corrected chi connectivity index (χ1v) is 11.4. The summed E-state index contributed by atoms with van der Waals surface area (Å²) in [6, 6.07) is 10.2. The van der Waals surface area contributed by atoms with Crippen molar-refractivity contribution in [2.24, 2.45) is 0 Å². The standard InChI is InChI=1S/C24H31N5O3/c1-18(30)29-13-8-21(9-14-29)32-23-15-22(26-17-27-23)24(31)25-10-4-11-28-12-7-19-5-2-3-6-20(19)16-28/h2-3,5-6,15,17,21H,4,7-14,16H2,1H3,(H,25,31). The van der Waals surface area contributed by atoms with Gasteiger partial charge in [0.15, 0.2) is 0 Å². The van der Waals surface area contributed by atoms with E-state index >= 15 is 0 Å². The number of likely N-dealkylation sites (tertiary alicyclic amines) is 1. The van der Waals surface area contributed by atoms with Crippen LogP contribution in [0.15, 0.2) is 36.7 Å². The summed E-state index contributed by atoms with van der Waals surface area (Å²) in [4.78, 5) is 36.4. The topological polar surface area (TPSA) is 87.7 Å². The van der Waals surface area contributed by atoms with Gasteiger partial charge in [0.25, 0.3) is 5.91 Å². The number of benzene rings is 1. The average molecular weight is 438 g/mol. The Balaban J connectivity index is 1.19. The molecule has 1 aromatic heterocycles. The number of hydrogen-bond donors (Lipinski definition) is 1. The van der Waals surface area contributed by atoms with E-state index in [4.69, 9.17) is 4.74 Å². The van der Waals surface area contributed by atoms with Crippen LogP contribution < -0.4 is 10.1 Å². The first-order chi connectivity index (χ1) is 15.6. The number of hydrogen-bond acceptors (Lipinski definition) is 6. The van der Waals surface area contributed by atoms with Gasteiger partial charge in [-0.2, -0.15) is 0 Å². The Kier molecular flexibility index (Phi) is 7.32. The highest BCUT2D eigenvalue weighted by Crippen LogP contribution is 2.19. The third kappa shape index (κ3) is 5.82. The van der Waals surface area contributed by atoms with Gasteiger partial charge in [-0.1, -0.05) is 24.3 Å². The molecule has 0 unspecified atom stereocenters. The number of amides is 2. The summed E-state index contributed by atoms with van der Waals surface area (Å²) in [6.07, 6.45) is 4.83. The van der Waals surface area contributed by atoms with Crippen molar-refractivity contribution < 1.29 is 14.3 Å². The van der Waals surface area contributed by atoms with Gasteiger partial charge in [-0.3, -0.25) is 14.5 Å². The zero-order valence-electron chi connectivity index (χ0n) is 18.6. The van der Waals surface area contributed by atoms with Crippen molar-refractivity contribution in [3.8, 4) is 5.88 Å². The smallest absolute Gasteiger partial charge is 0.270 e. The molecule has 2 aliphatic heterocycles. The Morgan fingerprint density at radius 2 is 1.91 bits per heavy atom. The molecule has 3 heterocycles. The minimum absolute atomic E-state index is 0.00825. The zero-order valence-corrected chi connectivity index (χ0v) is 18.6. The van der Waals surface area contributed by atoms with Gasteiger partial charge < -0.3 is 15.0 Å². The van der Waals surface area contributed by atoms with Gasteiger partial charge in [-0.15, -0.1) is 0 Å². The fraction of sp³-hybridized carbons (Fsp3) is 0.500. The number of aromatic nitrogens is 2. The lowest BCUT2D eigenvalue weighted by Crippen LogP contribution is -2.40. The predicted octanol–water partition coefficient (Wildman–Crippen LogP) is 2.04. The largest absolute Gasteiger partial charge is 0.474 e. The van der Waals surface area contributed by atoms with Gasteiger partial charge in [0, 0.05) is 65.1 Å². The molecule has 170 valence electrons. The number of rotatable bonds is 7. The summed E-state index contributed by atoms with van der Waals surface area (Å²) < 4.78 is 5.93.